The first kappa shape index (κ1) is 17.1. The van der Waals surface area contributed by atoms with Gasteiger partial charge in [0.15, 0.2) is 12.1 Å². The van der Waals surface area contributed by atoms with E-state index in [-0.39, 0.29) is 10.7 Å². The van der Waals surface area contributed by atoms with E-state index in [1.165, 1.54) is 18.0 Å². The molecule has 1 unspecified atom stereocenters. The second-order valence-corrected chi connectivity index (χ2v) is 7.02. The smallest absolute Gasteiger partial charge is 0.285 e. The van der Waals surface area contributed by atoms with Crippen molar-refractivity contribution in [1.29, 1.82) is 0 Å². The van der Waals surface area contributed by atoms with E-state index in [0.29, 0.717) is 11.3 Å². The third-order valence-electron chi connectivity index (χ3n) is 3.46. The summed E-state index contributed by atoms with van der Waals surface area (Å²) in [6, 6.07) is 13.6. The van der Waals surface area contributed by atoms with Gasteiger partial charge in [-0.15, -0.1) is 4.40 Å². The van der Waals surface area contributed by atoms with E-state index in [0.717, 1.165) is 5.56 Å². The Balaban J connectivity index is 1.84. The first-order valence-corrected chi connectivity index (χ1v) is 8.98. The Morgan fingerprint density at radius 1 is 1.24 bits per heavy atom. The molecule has 0 fully saturated rings. The number of amidine groups is 1. The molecule has 8 heteroatoms. The van der Waals surface area contributed by atoms with Gasteiger partial charge < -0.3 is 9.84 Å². The van der Waals surface area contributed by atoms with E-state index < -0.39 is 16.3 Å². The van der Waals surface area contributed by atoms with Gasteiger partial charge in [-0.25, -0.2) is 5.01 Å². The lowest BCUT2D eigenvalue weighted by atomic mass is 10.2. The van der Waals surface area contributed by atoms with Crippen LogP contribution >= 0.6 is 0 Å². The molecule has 130 valence electrons. The zero-order valence-electron chi connectivity index (χ0n) is 13.7. The van der Waals surface area contributed by atoms with E-state index in [9.17, 15) is 13.5 Å². The van der Waals surface area contributed by atoms with Crippen molar-refractivity contribution in [2.24, 2.45) is 9.50 Å². The summed E-state index contributed by atoms with van der Waals surface area (Å²) in [4.78, 5) is 0.180. The van der Waals surface area contributed by atoms with E-state index >= 15 is 0 Å². The Hall–Kier alpha value is -2.71. The minimum Gasteiger partial charge on any atom is -0.465 e. The summed E-state index contributed by atoms with van der Waals surface area (Å²) >= 11 is 0. The van der Waals surface area contributed by atoms with Crippen LogP contribution in [0.15, 0.2) is 62.9 Å². The first-order valence-electron chi connectivity index (χ1n) is 7.54. The molecule has 0 aromatic heterocycles. The molecule has 3 rings (SSSR count). The summed E-state index contributed by atoms with van der Waals surface area (Å²) in [5.41, 5.74) is 1.26. The minimum atomic E-state index is -3.68. The lowest BCUT2D eigenvalue weighted by Crippen LogP contribution is -2.21. The third kappa shape index (κ3) is 3.70. The highest BCUT2D eigenvalue weighted by molar-refractivity contribution is 7.90. The highest BCUT2D eigenvalue weighted by Gasteiger charge is 2.30. The standard InChI is InChI=1S/C17H17N3O4S/c1-12(21)24-14-7-5-6-13(10-14)11-18-20(2)17-15-8-3-4-9-16(15)25(22,23)19-17/h3-12,21H,1-2H3/b18-11+. The van der Waals surface area contributed by atoms with Gasteiger partial charge in [0.05, 0.1) is 6.21 Å². The van der Waals surface area contributed by atoms with Crippen molar-refractivity contribution in [3.8, 4) is 5.75 Å². The molecule has 0 radical (unpaired) electrons. The summed E-state index contributed by atoms with van der Waals surface area (Å²) in [7, 11) is -2.05. The monoisotopic (exact) mass is 359 g/mol. The molecule has 0 spiro atoms. The van der Waals surface area contributed by atoms with Gasteiger partial charge in [0.2, 0.25) is 0 Å². The molecule has 0 amide bonds. The number of hydrazone groups is 1. The summed E-state index contributed by atoms with van der Waals surface area (Å²) in [5.74, 6) is 0.774. The fourth-order valence-electron chi connectivity index (χ4n) is 2.39. The molecule has 1 aliphatic heterocycles. The van der Waals surface area contributed by atoms with Crippen molar-refractivity contribution in [2.45, 2.75) is 18.1 Å². The van der Waals surface area contributed by atoms with Gasteiger partial charge in [-0.2, -0.15) is 13.5 Å². The molecular weight excluding hydrogens is 342 g/mol. The first-order chi connectivity index (χ1) is 11.9. The number of rotatable bonds is 4. The molecule has 0 bridgehead atoms. The third-order valence-corrected chi connectivity index (χ3v) is 4.79. The van der Waals surface area contributed by atoms with Crippen molar-refractivity contribution in [2.75, 3.05) is 7.05 Å². The predicted octanol–water partition coefficient (Wildman–Crippen LogP) is 1.82. The number of benzene rings is 2. The summed E-state index contributed by atoms with van der Waals surface area (Å²) in [6.45, 7) is 1.52. The second-order valence-electron chi connectivity index (χ2n) is 5.44. The van der Waals surface area contributed by atoms with Crippen molar-refractivity contribution < 1.29 is 18.3 Å². The number of hydrogen-bond acceptors (Lipinski definition) is 6. The number of hydrogen-bond donors (Lipinski definition) is 1. The molecule has 1 N–H and O–H groups in total. The average Bonchev–Trinajstić information content (AvgIpc) is 2.84. The zero-order valence-corrected chi connectivity index (χ0v) is 14.5. The Morgan fingerprint density at radius 2 is 2.00 bits per heavy atom. The van der Waals surface area contributed by atoms with Crippen LogP contribution in [0.5, 0.6) is 5.75 Å². The number of nitrogens with zero attached hydrogens (tertiary/aromatic N) is 3. The van der Waals surface area contributed by atoms with Crippen LogP contribution in [-0.2, 0) is 10.0 Å². The maximum Gasteiger partial charge on any atom is 0.285 e. The molecule has 0 saturated heterocycles. The van der Waals surface area contributed by atoms with Gasteiger partial charge in [0, 0.05) is 12.6 Å². The minimum absolute atomic E-state index is 0.180. The van der Waals surface area contributed by atoms with Crippen LogP contribution in [0.2, 0.25) is 0 Å². The van der Waals surface area contributed by atoms with Crippen LogP contribution in [0.1, 0.15) is 18.1 Å². The quantitative estimate of drug-likeness (QED) is 0.511. The molecule has 2 aromatic carbocycles. The molecule has 1 atom stereocenters. The topological polar surface area (TPSA) is 91.6 Å². The number of aliphatic hydroxyl groups is 1. The Kier molecular flexibility index (Phi) is 4.56. The molecule has 1 aliphatic rings. The zero-order chi connectivity index (χ0) is 18.0. The average molecular weight is 359 g/mol. The van der Waals surface area contributed by atoms with Crippen molar-refractivity contribution in [3.63, 3.8) is 0 Å². The fraction of sp³-hybridized carbons (Fsp3) is 0.176. The Bertz CT molecular complexity index is 952. The van der Waals surface area contributed by atoms with E-state index in [4.69, 9.17) is 4.74 Å². The molecular formula is C17H17N3O4S. The molecule has 1 heterocycles. The summed E-state index contributed by atoms with van der Waals surface area (Å²) in [5, 5.41) is 14.9. The van der Waals surface area contributed by atoms with E-state index in [2.05, 4.69) is 9.50 Å². The number of aliphatic hydroxyl groups excluding tert-OH is 1. The molecule has 0 aliphatic carbocycles. The van der Waals surface area contributed by atoms with Crippen LogP contribution in [0.25, 0.3) is 0 Å². The predicted molar refractivity (Wildman–Crippen MR) is 94.3 cm³/mol. The van der Waals surface area contributed by atoms with Crippen LogP contribution < -0.4 is 4.74 Å². The molecule has 0 saturated carbocycles. The Morgan fingerprint density at radius 3 is 2.76 bits per heavy atom. The van der Waals surface area contributed by atoms with Crippen LogP contribution in [0, 0.1) is 0 Å². The summed E-state index contributed by atoms with van der Waals surface area (Å²) in [6.07, 6.45) is 0.648. The van der Waals surface area contributed by atoms with Crippen molar-refractivity contribution in [3.05, 3.63) is 59.7 Å². The molecule has 2 aromatic rings. The second kappa shape index (κ2) is 6.66. The maximum atomic E-state index is 12.1. The van der Waals surface area contributed by atoms with Crippen molar-refractivity contribution >= 4 is 22.1 Å². The number of sulfonamides is 1. The maximum absolute atomic E-state index is 12.1. The molecule has 25 heavy (non-hydrogen) atoms. The Labute approximate surface area is 145 Å². The van der Waals surface area contributed by atoms with Gasteiger partial charge in [-0.3, -0.25) is 0 Å². The van der Waals surface area contributed by atoms with Crippen LogP contribution in [0.3, 0.4) is 0 Å². The fourth-order valence-corrected chi connectivity index (χ4v) is 3.63. The van der Waals surface area contributed by atoms with Gasteiger partial charge in [0.25, 0.3) is 10.0 Å². The normalized spacial score (nSPS) is 16.4. The lowest BCUT2D eigenvalue weighted by Gasteiger charge is -2.12. The largest absolute Gasteiger partial charge is 0.465 e. The summed E-state index contributed by atoms with van der Waals surface area (Å²) < 4.78 is 33.2. The number of fused-ring (bicyclic) bond motifs is 1. The van der Waals surface area contributed by atoms with Crippen LogP contribution in [-0.4, -0.2) is 43.9 Å². The lowest BCUT2D eigenvalue weighted by molar-refractivity contribution is -0.000294. The van der Waals surface area contributed by atoms with Gasteiger partial charge in [-0.1, -0.05) is 24.3 Å². The van der Waals surface area contributed by atoms with Gasteiger partial charge in [0.1, 0.15) is 10.6 Å². The molecule has 7 nitrogen and oxygen atoms in total. The van der Waals surface area contributed by atoms with E-state index in [1.54, 1.807) is 49.7 Å². The van der Waals surface area contributed by atoms with Crippen molar-refractivity contribution in [1.82, 2.24) is 5.01 Å². The highest BCUT2D eigenvalue weighted by atomic mass is 32.2. The van der Waals surface area contributed by atoms with Gasteiger partial charge >= 0.3 is 0 Å². The van der Waals surface area contributed by atoms with Crippen LogP contribution in [0.4, 0.5) is 0 Å². The van der Waals surface area contributed by atoms with E-state index in [1.807, 2.05) is 6.07 Å². The highest BCUT2D eigenvalue weighted by Crippen LogP contribution is 2.27. The van der Waals surface area contributed by atoms with Gasteiger partial charge in [-0.05, 0) is 36.8 Å². The SMILES string of the molecule is CC(O)Oc1cccc(/C=N/N(C)C2=NS(=O)(=O)c3ccccc32)c1. The number of ether oxygens (including phenoxy) is 1.